The van der Waals surface area contributed by atoms with E-state index in [1.54, 1.807) is 30.3 Å². The summed E-state index contributed by atoms with van der Waals surface area (Å²) in [6, 6.07) is 13.5. The molecule has 0 spiro atoms. The van der Waals surface area contributed by atoms with Gasteiger partial charge in [-0.05, 0) is 42.0 Å². The average molecular weight is 337 g/mol. The minimum Gasteiger partial charge on any atom is -0.478 e. The van der Waals surface area contributed by atoms with E-state index in [9.17, 15) is 9.59 Å². The van der Waals surface area contributed by atoms with Gasteiger partial charge < -0.3 is 20.2 Å². The maximum Gasteiger partial charge on any atom is 0.339 e. The van der Waals surface area contributed by atoms with Crippen molar-refractivity contribution in [2.24, 2.45) is 0 Å². The Labute approximate surface area is 143 Å². The number of carboxylic acids is 1. The van der Waals surface area contributed by atoms with Crippen LogP contribution in [0.4, 0.5) is 11.5 Å². The van der Waals surface area contributed by atoms with Crippen LogP contribution in [0.1, 0.15) is 26.5 Å². The van der Waals surface area contributed by atoms with Crippen molar-refractivity contribution < 1.29 is 19.1 Å². The number of carboxylic acid groups (broad SMARTS) is 1. The zero-order chi connectivity index (χ0) is 17.6. The first kappa shape index (κ1) is 16.3. The quantitative estimate of drug-likeness (QED) is 0.638. The molecule has 0 radical (unpaired) electrons. The van der Waals surface area contributed by atoms with Crippen molar-refractivity contribution >= 4 is 23.4 Å². The van der Waals surface area contributed by atoms with Crippen molar-refractivity contribution in [3.63, 3.8) is 0 Å². The first-order valence-corrected chi connectivity index (χ1v) is 7.49. The third-order valence-electron chi connectivity index (χ3n) is 3.45. The van der Waals surface area contributed by atoms with Crippen LogP contribution >= 0.6 is 0 Å². The highest BCUT2D eigenvalue weighted by atomic mass is 16.4. The fourth-order valence-electron chi connectivity index (χ4n) is 2.21. The normalized spacial score (nSPS) is 10.2. The average Bonchev–Trinajstić information content (AvgIpc) is 3.16. The van der Waals surface area contributed by atoms with Crippen LogP contribution in [0.5, 0.6) is 0 Å². The SMILES string of the molecule is O=C(Nc1ccc(CNc2ncccc2C(=O)O)cc1)c1ccco1. The van der Waals surface area contributed by atoms with Gasteiger partial charge >= 0.3 is 5.97 Å². The lowest BCUT2D eigenvalue weighted by molar-refractivity contribution is 0.0697. The van der Waals surface area contributed by atoms with Gasteiger partial charge in [-0.1, -0.05) is 12.1 Å². The lowest BCUT2D eigenvalue weighted by atomic mass is 10.2. The van der Waals surface area contributed by atoms with Crippen LogP contribution < -0.4 is 10.6 Å². The van der Waals surface area contributed by atoms with Crippen molar-refractivity contribution in [1.29, 1.82) is 0 Å². The summed E-state index contributed by atoms with van der Waals surface area (Å²) in [5.74, 6) is -0.811. The molecule has 0 aliphatic rings. The van der Waals surface area contributed by atoms with E-state index in [1.807, 2.05) is 12.1 Å². The molecule has 3 rings (SSSR count). The van der Waals surface area contributed by atoms with Gasteiger partial charge in [-0.2, -0.15) is 0 Å². The van der Waals surface area contributed by atoms with Crippen LogP contribution in [0.3, 0.4) is 0 Å². The molecule has 7 heteroatoms. The number of nitrogens with one attached hydrogen (secondary N) is 2. The monoisotopic (exact) mass is 337 g/mol. The summed E-state index contributed by atoms with van der Waals surface area (Å²) in [6.45, 7) is 0.406. The Bertz CT molecular complexity index is 874. The van der Waals surface area contributed by atoms with Crippen LogP contribution in [0, 0.1) is 0 Å². The summed E-state index contributed by atoms with van der Waals surface area (Å²) >= 11 is 0. The van der Waals surface area contributed by atoms with Gasteiger partial charge in [-0.15, -0.1) is 0 Å². The maximum atomic E-state index is 11.9. The largest absolute Gasteiger partial charge is 0.478 e. The molecule has 0 unspecified atom stereocenters. The highest BCUT2D eigenvalue weighted by molar-refractivity contribution is 6.02. The number of pyridine rings is 1. The van der Waals surface area contributed by atoms with Gasteiger partial charge in [-0.25, -0.2) is 9.78 Å². The Morgan fingerprint density at radius 2 is 1.88 bits per heavy atom. The van der Waals surface area contributed by atoms with E-state index in [1.165, 1.54) is 18.5 Å². The molecular weight excluding hydrogens is 322 g/mol. The Morgan fingerprint density at radius 1 is 1.08 bits per heavy atom. The van der Waals surface area contributed by atoms with Crippen molar-refractivity contribution in [3.05, 3.63) is 77.9 Å². The predicted molar refractivity (Wildman–Crippen MR) is 91.6 cm³/mol. The molecule has 7 nitrogen and oxygen atoms in total. The van der Waals surface area contributed by atoms with E-state index in [0.717, 1.165) is 5.56 Å². The molecule has 0 fully saturated rings. The van der Waals surface area contributed by atoms with Gasteiger partial charge in [0.2, 0.25) is 0 Å². The molecule has 126 valence electrons. The van der Waals surface area contributed by atoms with Gasteiger partial charge in [0, 0.05) is 18.4 Å². The summed E-state index contributed by atoms with van der Waals surface area (Å²) in [5.41, 5.74) is 1.66. The number of benzene rings is 1. The molecule has 0 atom stereocenters. The minimum atomic E-state index is -1.04. The second kappa shape index (κ2) is 7.31. The Balaban J connectivity index is 1.62. The Morgan fingerprint density at radius 3 is 2.56 bits per heavy atom. The van der Waals surface area contributed by atoms with Gasteiger partial charge in [0.1, 0.15) is 11.4 Å². The van der Waals surface area contributed by atoms with E-state index >= 15 is 0 Å². The van der Waals surface area contributed by atoms with Crippen molar-refractivity contribution in [2.45, 2.75) is 6.54 Å². The van der Waals surface area contributed by atoms with Crippen molar-refractivity contribution in [1.82, 2.24) is 4.98 Å². The molecule has 2 aromatic heterocycles. The molecular formula is C18H15N3O4. The van der Waals surface area contributed by atoms with E-state index in [0.29, 0.717) is 18.1 Å². The van der Waals surface area contributed by atoms with Crippen molar-refractivity contribution in [3.8, 4) is 0 Å². The number of nitrogens with zero attached hydrogens (tertiary/aromatic N) is 1. The lowest BCUT2D eigenvalue weighted by Crippen LogP contribution is -2.11. The summed E-state index contributed by atoms with van der Waals surface area (Å²) in [5, 5.41) is 14.9. The molecule has 3 N–H and O–H groups in total. The van der Waals surface area contributed by atoms with Crippen LogP contribution in [-0.2, 0) is 6.54 Å². The highest BCUT2D eigenvalue weighted by Crippen LogP contribution is 2.15. The summed E-state index contributed by atoms with van der Waals surface area (Å²) in [7, 11) is 0. The van der Waals surface area contributed by atoms with Crippen LogP contribution in [0.15, 0.2) is 65.4 Å². The zero-order valence-corrected chi connectivity index (χ0v) is 13.1. The van der Waals surface area contributed by atoms with E-state index in [-0.39, 0.29) is 17.2 Å². The lowest BCUT2D eigenvalue weighted by Gasteiger charge is -2.09. The van der Waals surface area contributed by atoms with Gasteiger partial charge in [-0.3, -0.25) is 4.79 Å². The molecule has 1 aromatic carbocycles. The van der Waals surface area contributed by atoms with Crippen LogP contribution in [0.2, 0.25) is 0 Å². The second-order valence-corrected chi connectivity index (χ2v) is 5.19. The molecule has 1 amide bonds. The zero-order valence-electron chi connectivity index (χ0n) is 13.1. The molecule has 0 bridgehead atoms. The number of rotatable bonds is 6. The second-order valence-electron chi connectivity index (χ2n) is 5.19. The number of hydrogen-bond acceptors (Lipinski definition) is 5. The third-order valence-corrected chi connectivity index (χ3v) is 3.45. The number of carbonyl (C=O) groups excluding carboxylic acids is 1. The minimum absolute atomic E-state index is 0.116. The molecule has 0 saturated carbocycles. The Hall–Kier alpha value is -3.61. The van der Waals surface area contributed by atoms with Gasteiger partial charge in [0.15, 0.2) is 5.76 Å². The van der Waals surface area contributed by atoms with E-state index < -0.39 is 5.97 Å². The molecule has 0 aliphatic carbocycles. The van der Waals surface area contributed by atoms with E-state index in [4.69, 9.17) is 9.52 Å². The van der Waals surface area contributed by atoms with E-state index in [2.05, 4.69) is 15.6 Å². The third kappa shape index (κ3) is 4.03. The predicted octanol–water partition coefficient (Wildman–Crippen LogP) is 3.24. The standard InChI is InChI=1S/C18H15N3O4/c22-17(15-4-2-10-25-15)21-13-7-5-12(6-8-13)11-20-16-14(18(23)24)3-1-9-19-16/h1-10H,11H2,(H,19,20)(H,21,22)(H,23,24). The first-order valence-electron chi connectivity index (χ1n) is 7.49. The Kier molecular flexibility index (Phi) is 4.75. The molecule has 25 heavy (non-hydrogen) atoms. The van der Waals surface area contributed by atoms with Crippen LogP contribution in [-0.4, -0.2) is 22.0 Å². The molecule has 0 saturated heterocycles. The molecule has 0 aliphatic heterocycles. The summed E-state index contributed by atoms with van der Waals surface area (Å²) < 4.78 is 5.03. The fraction of sp³-hybridized carbons (Fsp3) is 0.0556. The number of furan rings is 1. The highest BCUT2D eigenvalue weighted by Gasteiger charge is 2.10. The molecule has 2 heterocycles. The maximum absolute atomic E-state index is 11.9. The number of amides is 1. The number of anilines is 2. The van der Waals surface area contributed by atoms with Crippen LogP contribution in [0.25, 0.3) is 0 Å². The van der Waals surface area contributed by atoms with Crippen molar-refractivity contribution in [2.75, 3.05) is 10.6 Å². The van der Waals surface area contributed by atoms with Gasteiger partial charge in [0.05, 0.1) is 6.26 Å². The number of carbonyl (C=O) groups is 2. The number of aromatic carboxylic acids is 1. The molecule has 3 aromatic rings. The fourth-order valence-corrected chi connectivity index (χ4v) is 2.21. The number of hydrogen-bond donors (Lipinski definition) is 3. The summed E-state index contributed by atoms with van der Waals surface area (Å²) in [4.78, 5) is 27.1. The first-order chi connectivity index (χ1) is 12.1. The smallest absolute Gasteiger partial charge is 0.339 e. The van der Waals surface area contributed by atoms with Gasteiger partial charge in [0.25, 0.3) is 5.91 Å². The topological polar surface area (TPSA) is 104 Å². The summed E-state index contributed by atoms with van der Waals surface area (Å²) in [6.07, 6.45) is 2.97. The number of aromatic nitrogens is 1.